The molecule has 1 rings (SSSR count). The Morgan fingerprint density at radius 3 is 2.47 bits per heavy atom. The van der Waals surface area contributed by atoms with Gasteiger partial charge in [0.1, 0.15) is 4.90 Å². The fraction of sp³-hybridized carbons (Fsp3) is 0.300. The van der Waals surface area contributed by atoms with Crippen LogP contribution in [0.2, 0.25) is 10.0 Å². The number of sulfonamides is 1. The van der Waals surface area contributed by atoms with Crippen LogP contribution in [0.5, 0.6) is 0 Å². The minimum atomic E-state index is -4.07. The Balaban J connectivity index is 3.39. The third kappa shape index (κ3) is 3.80. The molecule has 3 N–H and O–H groups in total. The summed E-state index contributed by atoms with van der Waals surface area (Å²) in [6.45, 7) is 1.03. The number of carbonyl (C=O) groups is 1. The first-order valence-electron chi connectivity index (χ1n) is 5.04. The Hall–Kier alpha value is -0.860. The number of hydrogen-bond acceptors (Lipinski definition) is 4. The molecule has 0 saturated heterocycles. The standard InChI is InChI=1S/C10H11Cl2NO5S/c1-5(4-14)13-19(17,18)8-3-6(11)2-7(9(8)12)10(15)16/h2-3,5,13-14H,4H2,1H3,(H,15,16)/t5-/m1/s1. The summed E-state index contributed by atoms with van der Waals surface area (Å²) in [5, 5.41) is 17.2. The van der Waals surface area contributed by atoms with Gasteiger partial charge < -0.3 is 10.2 Å². The zero-order valence-electron chi connectivity index (χ0n) is 9.72. The maximum absolute atomic E-state index is 12.0. The number of aromatic carboxylic acids is 1. The summed E-state index contributed by atoms with van der Waals surface area (Å²) in [5.41, 5.74) is -0.411. The molecule has 0 aliphatic rings. The van der Waals surface area contributed by atoms with Crippen LogP contribution in [-0.4, -0.2) is 37.2 Å². The number of hydrogen-bond donors (Lipinski definition) is 3. The average molecular weight is 328 g/mol. The molecule has 1 atom stereocenters. The van der Waals surface area contributed by atoms with Crippen molar-refractivity contribution >= 4 is 39.2 Å². The second-order valence-electron chi connectivity index (χ2n) is 3.78. The maximum atomic E-state index is 12.0. The van der Waals surface area contributed by atoms with E-state index < -0.39 is 44.1 Å². The molecule has 0 radical (unpaired) electrons. The summed E-state index contributed by atoms with van der Waals surface area (Å²) in [4.78, 5) is 10.5. The summed E-state index contributed by atoms with van der Waals surface area (Å²) >= 11 is 11.4. The molecule has 0 fully saturated rings. The molecule has 0 spiro atoms. The SMILES string of the molecule is C[C@H](CO)NS(=O)(=O)c1cc(Cl)cc(C(=O)O)c1Cl. The summed E-state index contributed by atoms with van der Waals surface area (Å²) in [6.07, 6.45) is 0. The molecule has 0 heterocycles. The zero-order chi connectivity index (χ0) is 14.8. The molecule has 1 aromatic carbocycles. The van der Waals surface area contributed by atoms with Gasteiger partial charge in [0.05, 0.1) is 17.2 Å². The van der Waals surface area contributed by atoms with Gasteiger partial charge in [-0.05, 0) is 19.1 Å². The van der Waals surface area contributed by atoms with Crippen LogP contribution in [0, 0.1) is 0 Å². The Bertz CT molecular complexity index is 602. The minimum absolute atomic E-state index is 0.0705. The van der Waals surface area contributed by atoms with E-state index in [0.717, 1.165) is 12.1 Å². The first kappa shape index (κ1) is 16.2. The van der Waals surface area contributed by atoms with Gasteiger partial charge >= 0.3 is 5.97 Å². The molecule has 0 saturated carbocycles. The summed E-state index contributed by atoms with van der Waals surface area (Å²) < 4.78 is 26.1. The third-order valence-electron chi connectivity index (χ3n) is 2.15. The van der Waals surface area contributed by atoms with Crippen LogP contribution in [0.15, 0.2) is 17.0 Å². The lowest BCUT2D eigenvalue weighted by Crippen LogP contribution is -2.35. The fourth-order valence-electron chi connectivity index (χ4n) is 1.28. The van der Waals surface area contributed by atoms with Crippen LogP contribution in [0.4, 0.5) is 0 Å². The molecule has 106 valence electrons. The highest BCUT2D eigenvalue weighted by atomic mass is 35.5. The van der Waals surface area contributed by atoms with E-state index in [1.165, 1.54) is 6.92 Å². The van der Waals surface area contributed by atoms with Crippen molar-refractivity contribution in [2.45, 2.75) is 17.9 Å². The number of rotatable bonds is 5. The van der Waals surface area contributed by atoms with Gasteiger partial charge in [0.15, 0.2) is 0 Å². The third-order valence-corrected chi connectivity index (χ3v) is 4.51. The summed E-state index contributed by atoms with van der Waals surface area (Å²) in [7, 11) is -4.07. The number of nitrogens with one attached hydrogen (secondary N) is 1. The van der Waals surface area contributed by atoms with Crippen molar-refractivity contribution in [1.29, 1.82) is 0 Å². The molecule has 0 unspecified atom stereocenters. The molecule has 6 nitrogen and oxygen atoms in total. The quantitative estimate of drug-likeness (QED) is 0.757. The number of carboxylic acid groups (broad SMARTS) is 1. The molecular weight excluding hydrogens is 317 g/mol. The second kappa shape index (κ2) is 6.06. The van der Waals surface area contributed by atoms with E-state index in [0.29, 0.717) is 0 Å². The van der Waals surface area contributed by atoms with E-state index in [9.17, 15) is 13.2 Å². The van der Waals surface area contributed by atoms with E-state index in [4.69, 9.17) is 33.4 Å². The van der Waals surface area contributed by atoms with Crippen molar-refractivity contribution in [3.05, 3.63) is 27.7 Å². The number of aliphatic hydroxyl groups is 1. The predicted octanol–water partition coefficient (Wildman–Crippen LogP) is 1.35. The Morgan fingerprint density at radius 1 is 1.42 bits per heavy atom. The van der Waals surface area contributed by atoms with E-state index >= 15 is 0 Å². The van der Waals surface area contributed by atoms with Gasteiger partial charge in [-0.15, -0.1) is 0 Å². The number of carboxylic acids is 1. The van der Waals surface area contributed by atoms with Gasteiger partial charge in [-0.25, -0.2) is 17.9 Å². The van der Waals surface area contributed by atoms with E-state index in [1.807, 2.05) is 0 Å². The van der Waals surface area contributed by atoms with E-state index in [1.54, 1.807) is 0 Å². The Kier molecular flexibility index (Phi) is 5.17. The van der Waals surface area contributed by atoms with Gasteiger partial charge in [0.2, 0.25) is 10.0 Å². The molecule has 0 bridgehead atoms. The first-order chi connectivity index (χ1) is 8.69. The first-order valence-corrected chi connectivity index (χ1v) is 7.28. The minimum Gasteiger partial charge on any atom is -0.478 e. The van der Waals surface area contributed by atoms with Gasteiger partial charge in [-0.2, -0.15) is 0 Å². The number of halogens is 2. The summed E-state index contributed by atoms with van der Waals surface area (Å²) in [5.74, 6) is -1.39. The van der Waals surface area contributed by atoms with Crippen molar-refractivity contribution in [3.8, 4) is 0 Å². The van der Waals surface area contributed by atoms with Crippen LogP contribution in [0.1, 0.15) is 17.3 Å². The topological polar surface area (TPSA) is 104 Å². The number of aliphatic hydroxyl groups excluding tert-OH is 1. The van der Waals surface area contributed by atoms with Crippen molar-refractivity contribution in [1.82, 2.24) is 4.72 Å². The van der Waals surface area contributed by atoms with Crippen LogP contribution in [0.3, 0.4) is 0 Å². The smallest absolute Gasteiger partial charge is 0.337 e. The molecular formula is C10H11Cl2NO5S. The normalized spacial score (nSPS) is 13.3. The molecule has 0 aliphatic carbocycles. The van der Waals surface area contributed by atoms with Gasteiger partial charge in [0.25, 0.3) is 0 Å². The van der Waals surface area contributed by atoms with Crippen molar-refractivity contribution < 1.29 is 23.4 Å². The molecule has 0 amide bonds. The second-order valence-corrected chi connectivity index (χ2v) is 6.27. The monoisotopic (exact) mass is 327 g/mol. The lowest BCUT2D eigenvalue weighted by Gasteiger charge is -2.13. The highest BCUT2D eigenvalue weighted by molar-refractivity contribution is 7.89. The molecule has 19 heavy (non-hydrogen) atoms. The maximum Gasteiger partial charge on any atom is 0.337 e. The molecule has 0 aliphatic heterocycles. The number of benzene rings is 1. The Morgan fingerprint density at radius 2 is 2.00 bits per heavy atom. The van der Waals surface area contributed by atoms with E-state index in [-0.39, 0.29) is 5.02 Å². The highest BCUT2D eigenvalue weighted by Gasteiger charge is 2.24. The molecule has 9 heteroatoms. The average Bonchev–Trinajstić information content (AvgIpc) is 2.30. The molecule has 1 aromatic rings. The van der Waals surface area contributed by atoms with Crippen molar-refractivity contribution in [2.24, 2.45) is 0 Å². The van der Waals surface area contributed by atoms with Crippen molar-refractivity contribution in [3.63, 3.8) is 0 Å². The van der Waals surface area contributed by atoms with E-state index in [2.05, 4.69) is 4.72 Å². The molecule has 0 aromatic heterocycles. The van der Waals surface area contributed by atoms with Gasteiger partial charge in [0, 0.05) is 11.1 Å². The zero-order valence-corrected chi connectivity index (χ0v) is 12.1. The highest BCUT2D eigenvalue weighted by Crippen LogP contribution is 2.29. The van der Waals surface area contributed by atoms with Gasteiger partial charge in [-0.3, -0.25) is 0 Å². The largest absolute Gasteiger partial charge is 0.478 e. The van der Waals surface area contributed by atoms with Crippen LogP contribution >= 0.6 is 23.2 Å². The fourth-order valence-corrected chi connectivity index (χ4v) is 3.42. The van der Waals surface area contributed by atoms with Crippen LogP contribution in [0.25, 0.3) is 0 Å². The van der Waals surface area contributed by atoms with Crippen molar-refractivity contribution in [2.75, 3.05) is 6.61 Å². The van der Waals surface area contributed by atoms with Gasteiger partial charge in [-0.1, -0.05) is 23.2 Å². The Labute approximate surface area is 120 Å². The van der Waals surface area contributed by atoms with Crippen LogP contribution < -0.4 is 4.72 Å². The summed E-state index contributed by atoms with van der Waals surface area (Å²) in [6, 6.07) is 1.36. The lowest BCUT2D eigenvalue weighted by molar-refractivity contribution is 0.0697. The lowest BCUT2D eigenvalue weighted by atomic mass is 10.2. The van der Waals surface area contributed by atoms with Crippen LogP contribution in [-0.2, 0) is 10.0 Å². The predicted molar refractivity (Wildman–Crippen MR) is 70.3 cm³/mol.